The van der Waals surface area contributed by atoms with Gasteiger partial charge in [0.25, 0.3) is 11.8 Å². The summed E-state index contributed by atoms with van der Waals surface area (Å²) in [5, 5.41) is 2.24. The number of aryl methyl sites for hydroxylation is 3. The second-order valence-electron chi connectivity index (χ2n) is 10.8. The number of likely N-dealkylation sites (tertiary alicyclic amines) is 1. The zero-order chi connectivity index (χ0) is 25.7. The van der Waals surface area contributed by atoms with Gasteiger partial charge in [-0.25, -0.2) is 0 Å². The fraction of sp³-hybridized carbons (Fsp3) is 0.448. The maximum absolute atomic E-state index is 13.3. The highest BCUT2D eigenvalue weighted by atomic mass is 16.5. The highest BCUT2D eigenvalue weighted by Gasteiger charge is 2.46. The summed E-state index contributed by atoms with van der Waals surface area (Å²) in [6.07, 6.45) is 3.94. The number of imide groups is 2. The molecule has 1 N–H and O–H groups in total. The van der Waals surface area contributed by atoms with Crippen LogP contribution in [0.3, 0.4) is 0 Å². The Hall–Kier alpha value is -3.36. The molecule has 0 saturated carbocycles. The highest BCUT2D eigenvalue weighted by Crippen LogP contribution is 2.36. The molecule has 8 heteroatoms. The molecule has 2 aromatic carbocycles. The van der Waals surface area contributed by atoms with Crippen molar-refractivity contribution >= 4 is 23.6 Å². The zero-order valence-corrected chi connectivity index (χ0v) is 21.0. The number of amides is 4. The number of hydrogen-bond donors (Lipinski definition) is 1. The minimum atomic E-state index is -0.949. The number of carbonyl (C=O) groups excluding carboxylic acids is 4. The Kier molecular flexibility index (Phi) is 5.96. The number of nitrogens with one attached hydrogen (secondary N) is 1. The average molecular weight is 502 g/mol. The molecule has 4 heterocycles. The van der Waals surface area contributed by atoms with Crippen molar-refractivity contribution in [3.8, 4) is 0 Å². The fourth-order valence-electron chi connectivity index (χ4n) is 6.29. The predicted molar refractivity (Wildman–Crippen MR) is 135 cm³/mol. The van der Waals surface area contributed by atoms with E-state index in [0.29, 0.717) is 17.5 Å². The van der Waals surface area contributed by atoms with Crippen molar-refractivity contribution in [1.82, 2.24) is 15.1 Å². The van der Waals surface area contributed by atoms with Crippen molar-refractivity contribution in [3.63, 3.8) is 0 Å². The van der Waals surface area contributed by atoms with Crippen LogP contribution in [0.4, 0.5) is 0 Å². The smallest absolute Gasteiger partial charge is 0.262 e. The Labute approximate surface area is 215 Å². The number of rotatable bonds is 6. The van der Waals surface area contributed by atoms with Crippen LogP contribution in [0.25, 0.3) is 0 Å². The van der Waals surface area contributed by atoms with Crippen molar-refractivity contribution in [2.45, 2.75) is 63.6 Å². The quantitative estimate of drug-likeness (QED) is 0.612. The first-order valence-electron chi connectivity index (χ1n) is 13.1. The van der Waals surface area contributed by atoms with Crippen LogP contribution >= 0.6 is 0 Å². The van der Waals surface area contributed by atoms with Gasteiger partial charge in [-0.2, -0.15) is 0 Å². The van der Waals surface area contributed by atoms with Gasteiger partial charge < -0.3 is 4.74 Å². The lowest BCUT2D eigenvalue weighted by Gasteiger charge is -2.47. The molecule has 37 heavy (non-hydrogen) atoms. The molecule has 1 atom stereocenters. The molecule has 0 aliphatic carbocycles. The Balaban J connectivity index is 1.13. The van der Waals surface area contributed by atoms with Crippen molar-refractivity contribution in [2.75, 3.05) is 19.7 Å². The number of nitrogens with zero attached hydrogens (tertiary/aromatic N) is 2. The molecule has 4 amide bonds. The van der Waals surface area contributed by atoms with E-state index in [2.05, 4.69) is 35.3 Å². The van der Waals surface area contributed by atoms with Crippen molar-refractivity contribution in [1.29, 1.82) is 0 Å². The standard InChI is InChI=1S/C29H31N3O5/c1-18-14-19(7-9-21(18)15-31-16-29(17-31)12-3-13-37-29)6-8-20-4-2-5-22-25(20)28(36)32(27(22)35)23-10-11-24(33)30-26(23)34/h2,4-5,7,9,14,23H,3,6,8,10-13,15-17H2,1H3,(H,30,33,34). The third kappa shape index (κ3) is 4.28. The summed E-state index contributed by atoms with van der Waals surface area (Å²) in [6.45, 7) is 5.98. The van der Waals surface area contributed by atoms with Gasteiger partial charge in [0.1, 0.15) is 6.04 Å². The molecule has 1 unspecified atom stereocenters. The van der Waals surface area contributed by atoms with E-state index in [1.165, 1.54) is 29.5 Å². The van der Waals surface area contributed by atoms with Crippen LogP contribution < -0.4 is 5.32 Å². The van der Waals surface area contributed by atoms with Crippen LogP contribution in [0.1, 0.15) is 68.7 Å². The van der Waals surface area contributed by atoms with Crippen molar-refractivity contribution in [2.24, 2.45) is 0 Å². The molecule has 4 aliphatic rings. The molecule has 0 aromatic heterocycles. The summed E-state index contributed by atoms with van der Waals surface area (Å²) in [7, 11) is 0. The molecule has 3 fully saturated rings. The van der Waals surface area contributed by atoms with Crippen molar-refractivity contribution in [3.05, 3.63) is 69.8 Å². The van der Waals surface area contributed by atoms with E-state index >= 15 is 0 Å². The molecule has 6 rings (SSSR count). The van der Waals surface area contributed by atoms with Gasteiger partial charge in [-0.05, 0) is 67.3 Å². The molecule has 8 nitrogen and oxygen atoms in total. The Morgan fingerprint density at radius 2 is 1.86 bits per heavy atom. The first kappa shape index (κ1) is 24.0. The second-order valence-corrected chi connectivity index (χ2v) is 10.8. The van der Waals surface area contributed by atoms with Gasteiger partial charge in [-0.15, -0.1) is 0 Å². The third-order valence-corrected chi connectivity index (χ3v) is 8.25. The fourth-order valence-corrected chi connectivity index (χ4v) is 6.29. The van der Waals surface area contributed by atoms with Crippen molar-refractivity contribution < 1.29 is 23.9 Å². The van der Waals surface area contributed by atoms with E-state index in [-0.39, 0.29) is 24.3 Å². The summed E-state index contributed by atoms with van der Waals surface area (Å²) in [4.78, 5) is 53.8. The van der Waals surface area contributed by atoms with E-state index in [0.717, 1.165) is 43.1 Å². The maximum atomic E-state index is 13.3. The predicted octanol–water partition coefficient (Wildman–Crippen LogP) is 2.55. The largest absolute Gasteiger partial charge is 0.372 e. The number of carbonyl (C=O) groups is 4. The molecule has 4 aliphatic heterocycles. The Bertz CT molecular complexity index is 1300. The van der Waals surface area contributed by atoms with Gasteiger partial charge in [-0.1, -0.05) is 30.3 Å². The molecule has 2 aromatic rings. The normalized spacial score (nSPS) is 22.9. The lowest BCUT2D eigenvalue weighted by Crippen LogP contribution is -2.60. The van der Waals surface area contributed by atoms with Crippen LogP contribution in [0.2, 0.25) is 0 Å². The van der Waals surface area contributed by atoms with Gasteiger partial charge in [0, 0.05) is 32.7 Å². The zero-order valence-electron chi connectivity index (χ0n) is 21.0. The summed E-state index contributed by atoms with van der Waals surface area (Å²) in [6, 6.07) is 10.9. The monoisotopic (exact) mass is 501 g/mol. The van der Waals surface area contributed by atoms with Crippen LogP contribution in [0.15, 0.2) is 36.4 Å². The number of piperidine rings is 1. The van der Waals surface area contributed by atoms with Crippen LogP contribution in [-0.4, -0.2) is 64.8 Å². The number of benzene rings is 2. The molecule has 1 spiro atoms. The number of fused-ring (bicyclic) bond motifs is 1. The van der Waals surface area contributed by atoms with Gasteiger partial charge >= 0.3 is 0 Å². The molecule has 3 saturated heterocycles. The molecule has 0 radical (unpaired) electrons. The average Bonchev–Trinajstić information content (AvgIpc) is 3.43. The van der Waals surface area contributed by atoms with E-state index < -0.39 is 23.8 Å². The summed E-state index contributed by atoms with van der Waals surface area (Å²) < 4.78 is 5.94. The van der Waals surface area contributed by atoms with E-state index in [4.69, 9.17) is 4.74 Å². The highest BCUT2D eigenvalue weighted by molar-refractivity contribution is 6.24. The van der Waals surface area contributed by atoms with E-state index in [1.54, 1.807) is 12.1 Å². The van der Waals surface area contributed by atoms with Gasteiger partial charge in [0.15, 0.2) is 0 Å². The summed E-state index contributed by atoms with van der Waals surface area (Å²) >= 11 is 0. The van der Waals surface area contributed by atoms with Crippen LogP contribution in [0, 0.1) is 6.92 Å². The Morgan fingerprint density at radius 1 is 1.03 bits per heavy atom. The third-order valence-electron chi connectivity index (χ3n) is 8.25. The first-order valence-corrected chi connectivity index (χ1v) is 13.1. The molecule has 192 valence electrons. The Morgan fingerprint density at radius 3 is 2.59 bits per heavy atom. The summed E-state index contributed by atoms with van der Waals surface area (Å²) in [5.74, 6) is -1.88. The maximum Gasteiger partial charge on any atom is 0.262 e. The first-order chi connectivity index (χ1) is 17.8. The summed E-state index contributed by atoms with van der Waals surface area (Å²) in [5.41, 5.74) is 5.36. The van der Waals surface area contributed by atoms with Gasteiger partial charge in [0.05, 0.1) is 16.7 Å². The SMILES string of the molecule is Cc1cc(CCc2cccc3c2C(=O)N(C2CCC(=O)NC2=O)C3=O)ccc1CN1CC2(CCCO2)C1. The van der Waals surface area contributed by atoms with E-state index in [9.17, 15) is 19.2 Å². The van der Waals surface area contributed by atoms with Gasteiger partial charge in [0.2, 0.25) is 11.8 Å². The minimum absolute atomic E-state index is 0.108. The lowest BCUT2D eigenvalue weighted by molar-refractivity contribution is -0.136. The topological polar surface area (TPSA) is 96.0 Å². The van der Waals surface area contributed by atoms with Crippen LogP contribution in [0.5, 0.6) is 0 Å². The van der Waals surface area contributed by atoms with E-state index in [1.807, 2.05) is 6.07 Å². The molecular weight excluding hydrogens is 470 g/mol. The molecular formula is C29H31N3O5. The van der Waals surface area contributed by atoms with Crippen LogP contribution in [-0.2, 0) is 33.7 Å². The number of hydrogen-bond acceptors (Lipinski definition) is 6. The minimum Gasteiger partial charge on any atom is -0.372 e. The lowest BCUT2D eigenvalue weighted by atomic mass is 9.90. The molecule has 0 bridgehead atoms. The number of ether oxygens (including phenoxy) is 1. The second kappa shape index (κ2) is 9.19. The van der Waals surface area contributed by atoms with Gasteiger partial charge in [-0.3, -0.25) is 34.3 Å².